The lowest BCUT2D eigenvalue weighted by molar-refractivity contribution is -0.121. The third-order valence-electron chi connectivity index (χ3n) is 5.87. The Labute approximate surface area is 186 Å². The summed E-state index contributed by atoms with van der Waals surface area (Å²) in [4.78, 5) is 19.4. The Bertz CT molecular complexity index is 845. The first-order chi connectivity index (χ1) is 14.7. The fraction of sp³-hybridized carbons (Fsp3) is 0.640. The lowest BCUT2D eigenvalue weighted by Gasteiger charge is -2.35. The molecule has 0 spiro atoms. The molecular weight excluding hydrogens is 388 g/mol. The van der Waals surface area contributed by atoms with Crippen molar-refractivity contribution in [3.05, 3.63) is 47.1 Å². The Morgan fingerprint density at radius 2 is 1.84 bits per heavy atom. The molecule has 1 aliphatic rings. The molecule has 1 saturated heterocycles. The first kappa shape index (κ1) is 23.5. The van der Waals surface area contributed by atoms with Crippen LogP contribution in [0.25, 0.3) is 0 Å². The van der Waals surface area contributed by atoms with E-state index in [1.807, 2.05) is 0 Å². The van der Waals surface area contributed by atoms with Gasteiger partial charge in [0.15, 0.2) is 5.82 Å². The molecular formula is C25H38N4O2. The smallest absolute Gasteiger partial charge is 0.226 e. The number of hydrogen-bond acceptors (Lipinski definition) is 5. The molecule has 2 aromatic rings. The summed E-state index contributed by atoms with van der Waals surface area (Å²) in [7, 11) is 0. The predicted molar refractivity (Wildman–Crippen MR) is 122 cm³/mol. The minimum absolute atomic E-state index is 0.0607. The van der Waals surface area contributed by atoms with Crippen molar-refractivity contribution < 1.29 is 9.32 Å². The number of amides is 1. The minimum Gasteiger partial charge on any atom is -0.352 e. The molecule has 2 atom stereocenters. The van der Waals surface area contributed by atoms with Gasteiger partial charge in [0.05, 0.1) is 0 Å². The normalized spacial score (nSPS) is 20.0. The number of carbonyl (C=O) groups is 1. The highest BCUT2D eigenvalue weighted by Gasteiger charge is 2.23. The molecule has 0 bridgehead atoms. The molecule has 170 valence electrons. The van der Waals surface area contributed by atoms with E-state index in [2.05, 4.69) is 79.2 Å². The van der Waals surface area contributed by atoms with Gasteiger partial charge >= 0.3 is 0 Å². The van der Waals surface area contributed by atoms with Crippen molar-refractivity contribution in [2.75, 3.05) is 13.1 Å². The van der Waals surface area contributed by atoms with Crippen molar-refractivity contribution >= 4 is 5.91 Å². The Hall–Kier alpha value is -2.21. The first-order valence-electron chi connectivity index (χ1n) is 11.6. The highest BCUT2D eigenvalue weighted by atomic mass is 16.5. The molecule has 1 amide bonds. The second-order valence-corrected chi connectivity index (χ2v) is 10.3. The largest absolute Gasteiger partial charge is 0.352 e. The number of rotatable bonds is 8. The maximum atomic E-state index is 12.4. The van der Waals surface area contributed by atoms with Crippen LogP contribution in [0.5, 0.6) is 0 Å². The summed E-state index contributed by atoms with van der Waals surface area (Å²) in [5, 5.41) is 7.12. The van der Waals surface area contributed by atoms with Crippen LogP contribution < -0.4 is 5.32 Å². The summed E-state index contributed by atoms with van der Waals surface area (Å²) in [5.41, 5.74) is 2.38. The molecule has 0 aliphatic carbocycles. The molecule has 1 aliphatic heterocycles. The quantitative estimate of drug-likeness (QED) is 0.674. The first-order valence-corrected chi connectivity index (χ1v) is 11.6. The lowest BCUT2D eigenvalue weighted by atomic mass is 9.91. The zero-order chi connectivity index (χ0) is 22.4. The van der Waals surface area contributed by atoms with Crippen LogP contribution in [0, 0.1) is 11.8 Å². The van der Waals surface area contributed by atoms with Gasteiger partial charge in [0.2, 0.25) is 11.8 Å². The number of aromatic nitrogens is 2. The Morgan fingerprint density at radius 3 is 2.48 bits per heavy atom. The fourth-order valence-electron chi connectivity index (χ4n) is 4.39. The van der Waals surface area contributed by atoms with Gasteiger partial charge in [0.25, 0.3) is 0 Å². The van der Waals surface area contributed by atoms with E-state index < -0.39 is 0 Å². The van der Waals surface area contributed by atoms with E-state index >= 15 is 0 Å². The number of nitrogens with zero attached hydrogens (tertiary/aromatic N) is 3. The van der Waals surface area contributed by atoms with Crippen LogP contribution in [0.1, 0.15) is 76.7 Å². The Kier molecular flexibility index (Phi) is 7.87. The van der Waals surface area contributed by atoms with Crippen LogP contribution in [-0.4, -0.2) is 34.0 Å². The molecule has 1 fully saturated rings. The Balaban J connectivity index is 1.45. The van der Waals surface area contributed by atoms with Crippen molar-refractivity contribution in [3.63, 3.8) is 0 Å². The number of carbonyl (C=O) groups excluding carboxylic acids is 1. The van der Waals surface area contributed by atoms with E-state index in [0.717, 1.165) is 31.5 Å². The minimum atomic E-state index is -0.128. The topological polar surface area (TPSA) is 71.3 Å². The van der Waals surface area contributed by atoms with Gasteiger partial charge in [-0.05, 0) is 35.8 Å². The van der Waals surface area contributed by atoms with Gasteiger partial charge < -0.3 is 9.84 Å². The van der Waals surface area contributed by atoms with Crippen LogP contribution >= 0.6 is 0 Å². The van der Waals surface area contributed by atoms with Crippen LogP contribution in [0.4, 0.5) is 0 Å². The van der Waals surface area contributed by atoms with E-state index in [1.54, 1.807) is 0 Å². The van der Waals surface area contributed by atoms with Gasteiger partial charge in [-0.15, -0.1) is 0 Å². The molecule has 6 heteroatoms. The molecule has 31 heavy (non-hydrogen) atoms. The van der Waals surface area contributed by atoms with Crippen molar-refractivity contribution in [1.29, 1.82) is 0 Å². The summed E-state index contributed by atoms with van der Waals surface area (Å²) < 4.78 is 5.31. The summed E-state index contributed by atoms with van der Waals surface area (Å²) in [6, 6.07) is 8.45. The monoisotopic (exact) mass is 426 g/mol. The summed E-state index contributed by atoms with van der Waals surface area (Å²) in [6.07, 6.45) is 3.09. The molecule has 1 N–H and O–H groups in total. The number of nitrogens with one attached hydrogen (secondary N) is 1. The summed E-state index contributed by atoms with van der Waals surface area (Å²) in [6.45, 7) is 14.7. The van der Waals surface area contributed by atoms with Crippen molar-refractivity contribution in [3.8, 4) is 0 Å². The van der Waals surface area contributed by atoms with Crippen molar-refractivity contribution in [2.45, 2.75) is 78.8 Å². The molecule has 3 rings (SSSR count). The highest BCUT2D eigenvalue weighted by Crippen LogP contribution is 2.23. The average molecular weight is 427 g/mol. The SMILES string of the molecule is CC1CC(C)CN(Cc2ccccc2CNC(=O)CCCc2nc(C(C)(C)C)no2)C1. The summed E-state index contributed by atoms with van der Waals surface area (Å²) in [5.74, 6) is 2.86. The van der Waals surface area contributed by atoms with E-state index in [-0.39, 0.29) is 11.3 Å². The average Bonchev–Trinajstić information content (AvgIpc) is 3.16. The van der Waals surface area contributed by atoms with Crippen LogP contribution in [0.15, 0.2) is 28.8 Å². The van der Waals surface area contributed by atoms with Crippen LogP contribution in [0.3, 0.4) is 0 Å². The number of aryl methyl sites for hydroxylation is 1. The van der Waals surface area contributed by atoms with Crippen LogP contribution in [0.2, 0.25) is 0 Å². The van der Waals surface area contributed by atoms with E-state index in [1.165, 1.54) is 17.5 Å². The zero-order valence-corrected chi connectivity index (χ0v) is 19.8. The number of piperidine rings is 1. The zero-order valence-electron chi connectivity index (χ0n) is 19.8. The molecule has 2 unspecified atom stereocenters. The standard InChI is InChI=1S/C25H38N4O2/c1-18-13-19(2)16-29(15-18)17-21-10-7-6-9-20(21)14-26-22(30)11-8-12-23-27-24(28-31-23)25(3,4)5/h6-7,9-10,18-19H,8,11-17H2,1-5H3,(H,26,30). The van der Waals surface area contributed by atoms with Gasteiger partial charge in [-0.1, -0.05) is 64.0 Å². The summed E-state index contributed by atoms with van der Waals surface area (Å²) >= 11 is 0. The van der Waals surface area contributed by atoms with Gasteiger partial charge in [-0.2, -0.15) is 4.98 Å². The highest BCUT2D eigenvalue weighted by molar-refractivity contribution is 5.75. The van der Waals surface area contributed by atoms with E-state index in [9.17, 15) is 4.79 Å². The van der Waals surface area contributed by atoms with E-state index in [4.69, 9.17) is 4.52 Å². The number of likely N-dealkylation sites (tertiary alicyclic amines) is 1. The van der Waals surface area contributed by atoms with Crippen molar-refractivity contribution in [1.82, 2.24) is 20.4 Å². The number of benzene rings is 1. The third kappa shape index (κ3) is 7.17. The van der Waals surface area contributed by atoms with Gasteiger partial charge in [0, 0.05) is 44.4 Å². The lowest BCUT2D eigenvalue weighted by Crippen LogP contribution is -2.38. The second kappa shape index (κ2) is 10.4. The van der Waals surface area contributed by atoms with E-state index in [0.29, 0.717) is 37.5 Å². The van der Waals surface area contributed by atoms with Gasteiger partial charge in [-0.25, -0.2) is 0 Å². The van der Waals surface area contributed by atoms with Crippen molar-refractivity contribution in [2.24, 2.45) is 11.8 Å². The third-order valence-corrected chi connectivity index (χ3v) is 5.87. The predicted octanol–water partition coefficient (Wildman–Crippen LogP) is 4.48. The van der Waals surface area contributed by atoms with Gasteiger partial charge in [0.1, 0.15) is 0 Å². The molecule has 0 radical (unpaired) electrons. The molecule has 2 heterocycles. The molecule has 6 nitrogen and oxygen atoms in total. The van der Waals surface area contributed by atoms with Crippen LogP contribution in [-0.2, 0) is 29.7 Å². The Morgan fingerprint density at radius 1 is 1.16 bits per heavy atom. The molecule has 0 saturated carbocycles. The maximum Gasteiger partial charge on any atom is 0.226 e. The maximum absolute atomic E-state index is 12.4. The molecule has 1 aromatic carbocycles. The molecule has 1 aromatic heterocycles. The number of hydrogen-bond donors (Lipinski definition) is 1. The second-order valence-electron chi connectivity index (χ2n) is 10.3. The fourth-order valence-corrected chi connectivity index (χ4v) is 4.39. The van der Waals surface area contributed by atoms with Gasteiger partial charge in [-0.3, -0.25) is 9.69 Å².